The molecule has 1 heterocycles. The third-order valence-corrected chi connectivity index (χ3v) is 5.25. The first-order chi connectivity index (χ1) is 14.0. The molecule has 1 amide bonds. The lowest BCUT2D eigenvalue weighted by Crippen LogP contribution is -2.16. The summed E-state index contributed by atoms with van der Waals surface area (Å²) in [6.45, 7) is 6.37. The van der Waals surface area contributed by atoms with Crippen LogP contribution in [0.3, 0.4) is 0 Å². The highest BCUT2D eigenvalue weighted by atomic mass is 32.2. The fourth-order valence-electron chi connectivity index (χ4n) is 2.81. The number of para-hydroxylation sites is 1. The molecule has 29 heavy (non-hydrogen) atoms. The minimum atomic E-state index is -0.388. The normalized spacial score (nSPS) is 11.9. The van der Waals surface area contributed by atoms with Crippen molar-refractivity contribution in [3.63, 3.8) is 0 Å². The Hall–Kier alpha value is -2.87. The van der Waals surface area contributed by atoms with E-state index >= 15 is 0 Å². The predicted molar refractivity (Wildman–Crippen MR) is 112 cm³/mol. The van der Waals surface area contributed by atoms with Gasteiger partial charge in [-0.3, -0.25) is 4.79 Å². The molecular formula is C21H23FN4O2S. The first-order valence-electron chi connectivity index (χ1n) is 9.31. The number of ether oxygens (including phenoxy) is 1. The van der Waals surface area contributed by atoms with Crippen LogP contribution >= 0.6 is 11.8 Å². The zero-order chi connectivity index (χ0) is 20.8. The van der Waals surface area contributed by atoms with Gasteiger partial charge >= 0.3 is 0 Å². The number of thioether (sulfide) groups is 1. The van der Waals surface area contributed by atoms with Crippen molar-refractivity contribution in [3.8, 4) is 5.75 Å². The monoisotopic (exact) mass is 414 g/mol. The Balaban J connectivity index is 1.64. The van der Waals surface area contributed by atoms with E-state index in [1.165, 1.54) is 23.9 Å². The molecule has 3 rings (SSSR count). The van der Waals surface area contributed by atoms with Crippen molar-refractivity contribution in [2.24, 2.45) is 0 Å². The van der Waals surface area contributed by atoms with E-state index < -0.39 is 0 Å². The number of nitrogens with one attached hydrogen (secondary N) is 1. The molecule has 2 aromatic carbocycles. The minimum Gasteiger partial charge on any atom is -0.483 e. The molecule has 0 saturated heterocycles. The predicted octanol–water partition coefficient (Wildman–Crippen LogP) is 4.62. The Morgan fingerprint density at radius 1 is 1.24 bits per heavy atom. The van der Waals surface area contributed by atoms with Crippen molar-refractivity contribution in [1.29, 1.82) is 0 Å². The first kappa shape index (κ1) is 20.9. The zero-order valence-corrected chi connectivity index (χ0v) is 17.4. The number of hydrogen-bond acceptors (Lipinski definition) is 5. The maximum Gasteiger partial charge on any atom is 0.234 e. The van der Waals surface area contributed by atoms with Crippen LogP contribution in [0.1, 0.15) is 31.3 Å². The fourth-order valence-corrected chi connectivity index (χ4v) is 3.62. The van der Waals surface area contributed by atoms with Crippen molar-refractivity contribution in [2.75, 3.05) is 11.1 Å². The quantitative estimate of drug-likeness (QED) is 0.545. The molecule has 0 unspecified atom stereocenters. The molecule has 6 nitrogen and oxygen atoms in total. The fraction of sp³-hybridized carbons (Fsp3) is 0.286. The van der Waals surface area contributed by atoms with Crippen molar-refractivity contribution in [3.05, 3.63) is 65.7 Å². The molecule has 0 fully saturated rings. The lowest BCUT2D eigenvalue weighted by Gasteiger charge is -2.15. The zero-order valence-electron chi connectivity index (χ0n) is 16.6. The van der Waals surface area contributed by atoms with Crippen molar-refractivity contribution in [2.45, 2.75) is 38.6 Å². The number of hydrogen-bond donors (Lipinski definition) is 1. The molecular weight excluding hydrogens is 391 g/mol. The number of nitrogens with zero attached hydrogens (tertiary/aromatic N) is 3. The standard InChI is InChI=1S/C21H23FN4O2S/c1-4-26-20(15(3)28-17-8-6-5-7-9-17)24-25-21(26)29-13-19(27)23-18-12-16(22)11-10-14(18)2/h5-12,15H,4,13H2,1-3H3,(H,23,27)/t15-/m1/s1. The summed E-state index contributed by atoms with van der Waals surface area (Å²) in [4.78, 5) is 12.3. The van der Waals surface area contributed by atoms with Gasteiger partial charge in [0.2, 0.25) is 5.91 Å². The van der Waals surface area contributed by atoms with Gasteiger partial charge in [-0.25, -0.2) is 4.39 Å². The average molecular weight is 415 g/mol. The molecule has 8 heteroatoms. The third kappa shape index (κ3) is 5.35. The van der Waals surface area contributed by atoms with Crippen molar-refractivity contribution >= 4 is 23.4 Å². The van der Waals surface area contributed by atoms with Crippen LogP contribution in [0.5, 0.6) is 5.75 Å². The third-order valence-electron chi connectivity index (χ3n) is 4.29. The van der Waals surface area contributed by atoms with E-state index in [0.717, 1.165) is 11.3 Å². The van der Waals surface area contributed by atoms with E-state index in [4.69, 9.17) is 4.74 Å². The number of aryl methyl sites for hydroxylation is 1. The largest absolute Gasteiger partial charge is 0.483 e. The molecule has 0 aliphatic carbocycles. The topological polar surface area (TPSA) is 69.0 Å². The molecule has 152 valence electrons. The van der Waals surface area contributed by atoms with E-state index in [-0.39, 0.29) is 23.6 Å². The summed E-state index contributed by atoms with van der Waals surface area (Å²) in [5.41, 5.74) is 1.27. The van der Waals surface area contributed by atoms with Gasteiger partial charge in [0.1, 0.15) is 11.6 Å². The van der Waals surface area contributed by atoms with E-state index in [2.05, 4.69) is 15.5 Å². The Bertz CT molecular complexity index is 978. The highest BCUT2D eigenvalue weighted by molar-refractivity contribution is 7.99. The molecule has 1 N–H and O–H groups in total. The first-order valence-corrected chi connectivity index (χ1v) is 10.3. The summed E-state index contributed by atoms with van der Waals surface area (Å²) >= 11 is 1.28. The lowest BCUT2D eigenvalue weighted by molar-refractivity contribution is -0.113. The van der Waals surface area contributed by atoms with Crippen LogP contribution < -0.4 is 10.1 Å². The molecule has 0 aliphatic heterocycles. The average Bonchev–Trinajstić information content (AvgIpc) is 3.13. The maximum absolute atomic E-state index is 13.4. The van der Waals surface area contributed by atoms with Gasteiger partial charge in [-0.2, -0.15) is 0 Å². The Morgan fingerprint density at radius 3 is 2.72 bits per heavy atom. The van der Waals surface area contributed by atoms with E-state index in [1.807, 2.05) is 55.7 Å². The number of aromatic nitrogens is 3. The van der Waals surface area contributed by atoms with Gasteiger partial charge in [0.15, 0.2) is 17.1 Å². The second-order valence-corrected chi connectivity index (χ2v) is 7.40. The molecule has 0 spiro atoms. The molecule has 0 aliphatic rings. The van der Waals surface area contributed by atoms with Gasteiger partial charge in [0, 0.05) is 12.2 Å². The lowest BCUT2D eigenvalue weighted by atomic mass is 10.2. The van der Waals surface area contributed by atoms with Crippen LogP contribution in [-0.4, -0.2) is 26.4 Å². The number of amides is 1. The van der Waals surface area contributed by atoms with Gasteiger partial charge in [-0.15, -0.1) is 10.2 Å². The summed E-state index contributed by atoms with van der Waals surface area (Å²) in [5, 5.41) is 11.8. The van der Waals surface area contributed by atoms with Crippen LogP contribution in [-0.2, 0) is 11.3 Å². The van der Waals surface area contributed by atoms with Gasteiger partial charge in [0.25, 0.3) is 0 Å². The Labute approximate surface area is 173 Å². The molecule has 0 radical (unpaired) electrons. The van der Waals surface area contributed by atoms with Crippen molar-refractivity contribution < 1.29 is 13.9 Å². The van der Waals surface area contributed by atoms with E-state index in [9.17, 15) is 9.18 Å². The summed E-state index contributed by atoms with van der Waals surface area (Å²) in [6.07, 6.45) is -0.289. The van der Waals surface area contributed by atoms with Crippen molar-refractivity contribution in [1.82, 2.24) is 14.8 Å². The van der Waals surface area contributed by atoms with Gasteiger partial charge < -0.3 is 14.6 Å². The molecule has 0 bridgehead atoms. The number of carbonyl (C=O) groups is 1. The van der Waals surface area contributed by atoms with Gasteiger partial charge in [-0.05, 0) is 50.6 Å². The Kier molecular flexibility index (Phi) is 6.87. The van der Waals surface area contributed by atoms with Crippen LogP contribution in [0.4, 0.5) is 10.1 Å². The van der Waals surface area contributed by atoms with Crippen LogP contribution in [0.15, 0.2) is 53.7 Å². The maximum atomic E-state index is 13.4. The highest BCUT2D eigenvalue weighted by Crippen LogP contribution is 2.25. The highest BCUT2D eigenvalue weighted by Gasteiger charge is 2.19. The minimum absolute atomic E-state index is 0.141. The van der Waals surface area contributed by atoms with Crippen LogP contribution in [0.2, 0.25) is 0 Å². The number of carbonyl (C=O) groups excluding carboxylic acids is 1. The van der Waals surface area contributed by atoms with Gasteiger partial charge in [0.05, 0.1) is 5.75 Å². The van der Waals surface area contributed by atoms with Crippen LogP contribution in [0, 0.1) is 12.7 Å². The number of halogens is 1. The SMILES string of the molecule is CCn1c(SCC(=O)Nc2cc(F)ccc2C)nnc1[C@@H](C)Oc1ccccc1. The van der Waals surface area contributed by atoms with E-state index in [1.54, 1.807) is 6.07 Å². The molecule has 1 atom stereocenters. The van der Waals surface area contributed by atoms with Gasteiger partial charge in [-0.1, -0.05) is 36.0 Å². The molecule has 0 saturated carbocycles. The summed E-state index contributed by atoms with van der Waals surface area (Å²) < 4.78 is 21.3. The van der Waals surface area contributed by atoms with E-state index in [0.29, 0.717) is 23.2 Å². The molecule has 3 aromatic rings. The summed E-state index contributed by atoms with van der Waals surface area (Å²) in [5.74, 6) is 0.970. The number of benzene rings is 2. The molecule has 1 aromatic heterocycles. The smallest absolute Gasteiger partial charge is 0.234 e. The summed E-state index contributed by atoms with van der Waals surface area (Å²) in [7, 11) is 0. The summed E-state index contributed by atoms with van der Waals surface area (Å²) in [6, 6.07) is 13.8. The number of anilines is 1. The number of rotatable bonds is 8. The second kappa shape index (κ2) is 9.56. The Morgan fingerprint density at radius 2 is 2.00 bits per heavy atom. The van der Waals surface area contributed by atoms with Crippen LogP contribution in [0.25, 0.3) is 0 Å². The second-order valence-electron chi connectivity index (χ2n) is 6.45.